The number of nitro groups is 1. The van der Waals surface area contributed by atoms with Gasteiger partial charge in [0.2, 0.25) is 0 Å². The molecule has 0 aliphatic heterocycles. The summed E-state index contributed by atoms with van der Waals surface area (Å²) in [5.74, 6) is -2.48. The molecule has 7 nitrogen and oxygen atoms in total. The Morgan fingerprint density at radius 3 is 2.45 bits per heavy atom. The van der Waals surface area contributed by atoms with Crippen molar-refractivity contribution in [2.45, 2.75) is 19.9 Å². The van der Waals surface area contributed by atoms with Crippen LogP contribution in [0.5, 0.6) is 0 Å². The second kappa shape index (κ2) is 6.33. The molecule has 1 atom stereocenters. The fraction of sp³-hybridized carbons (Fsp3) is 0.333. The highest BCUT2D eigenvalue weighted by molar-refractivity contribution is 6.34. The number of hydrogen-bond donors (Lipinski definition) is 2. The molecule has 0 radical (unpaired) electrons. The fourth-order valence-corrected chi connectivity index (χ4v) is 1.87. The van der Waals surface area contributed by atoms with Crippen molar-refractivity contribution in [3.8, 4) is 0 Å². The van der Waals surface area contributed by atoms with E-state index in [0.29, 0.717) is 0 Å². The zero-order valence-electron chi connectivity index (χ0n) is 10.8. The van der Waals surface area contributed by atoms with Gasteiger partial charge < -0.3 is 10.4 Å². The number of nitrogens with zero attached hydrogens (tertiary/aromatic N) is 1. The molecule has 108 valence electrons. The predicted octanol–water partition coefficient (Wildman–Crippen LogP) is 2.09. The van der Waals surface area contributed by atoms with Gasteiger partial charge in [-0.3, -0.25) is 14.9 Å². The number of carboxylic acids is 1. The summed E-state index contributed by atoms with van der Waals surface area (Å²) >= 11 is 5.80. The first-order valence-electron chi connectivity index (χ1n) is 5.72. The van der Waals surface area contributed by atoms with E-state index in [1.54, 1.807) is 13.8 Å². The third-order valence-electron chi connectivity index (χ3n) is 2.63. The molecule has 1 aromatic carbocycles. The van der Waals surface area contributed by atoms with Gasteiger partial charge in [-0.1, -0.05) is 31.5 Å². The minimum Gasteiger partial charge on any atom is -0.480 e. The maximum absolute atomic E-state index is 12.0. The number of amides is 1. The highest BCUT2D eigenvalue weighted by atomic mass is 35.5. The molecule has 0 saturated carbocycles. The van der Waals surface area contributed by atoms with Crippen LogP contribution in [0, 0.1) is 16.0 Å². The van der Waals surface area contributed by atoms with Gasteiger partial charge in [-0.15, -0.1) is 0 Å². The monoisotopic (exact) mass is 300 g/mol. The topological polar surface area (TPSA) is 110 Å². The number of nitrogens with one attached hydrogen (secondary N) is 1. The lowest BCUT2D eigenvalue weighted by molar-refractivity contribution is -0.385. The number of carbonyl (C=O) groups excluding carboxylic acids is 1. The molecule has 0 bridgehead atoms. The normalized spacial score (nSPS) is 12.0. The molecule has 0 spiro atoms. The van der Waals surface area contributed by atoms with Gasteiger partial charge in [0, 0.05) is 6.07 Å². The van der Waals surface area contributed by atoms with E-state index in [1.807, 2.05) is 0 Å². The summed E-state index contributed by atoms with van der Waals surface area (Å²) in [6, 6.07) is 2.65. The van der Waals surface area contributed by atoms with E-state index in [9.17, 15) is 19.7 Å². The Labute approximate surface area is 119 Å². The smallest absolute Gasteiger partial charge is 0.326 e. The molecular weight excluding hydrogens is 288 g/mol. The molecule has 0 aliphatic rings. The van der Waals surface area contributed by atoms with Crippen LogP contribution in [0.2, 0.25) is 5.02 Å². The first kappa shape index (κ1) is 15.9. The minimum atomic E-state index is -1.22. The van der Waals surface area contributed by atoms with Crippen LogP contribution in [0.1, 0.15) is 24.2 Å². The number of carbonyl (C=O) groups is 2. The Morgan fingerprint density at radius 1 is 1.40 bits per heavy atom. The Hall–Kier alpha value is -2.15. The van der Waals surface area contributed by atoms with Crippen LogP contribution in [0.4, 0.5) is 5.69 Å². The summed E-state index contributed by atoms with van der Waals surface area (Å²) in [7, 11) is 0. The van der Waals surface area contributed by atoms with Crippen LogP contribution in [0.3, 0.4) is 0 Å². The van der Waals surface area contributed by atoms with Crippen LogP contribution in [-0.4, -0.2) is 27.9 Å². The highest BCUT2D eigenvalue weighted by Gasteiger charge is 2.29. The first-order chi connectivity index (χ1) is 9.25. The molecule has 0 unspecified atom stereocenters. The van der Waals surface area contributed by atoms with Gasteiger partial charge in [0.25, 0.3) is 11.6 Å². The summed E-state index contributed by atoms with van der Waals surface area (Å²) < 4.78 is 0. The van der Waals surface area contributed by atoms with Gasteiger partial charge in [-0.25, -0.2) is 4.79 Å². The van der Waals surface area contributed by atoms with Crippen LogP contribution in [-0.2, 0) is 4.79 Å². The van der Waals surface area contributed by atoms with Gasteiger partial charge >= 0.3 is 5.97 Å². The third-order valence-corrected chi connectivity index (χ3v) is 2.95. The summed E-state index contributed by atoms with van der Waals surface area (Å²) in [6.45, 7) is 3.22. The number of carboxylic acid groups (broad SMARTS) is 1. The first-order valence-corrected chi connectivity index (χ1v) is 6.10. The summed E-state index contributed by atoms with van der Waals surface area (Å²) in [6.07, 6.45) is 0. The number of aliphatic carboxylic acids is 1. The van der Waals surface area contributed by atoms with Crippen LogP contribution in [0.25, 0.3) is 0 Å². The van der Waals surface area contributed by atoms with Gasteiger partial charge in [-0.05, 0) is 12.0 Å². The van der Waals surface area contributed by atoms with E-state index in [-0.39, 0.29) is 16.5 Å². The largest absolute Gasteiger partial charge is 0.480 e. The van der Waals surface area contributed by atoms with E-state index in [2.05, 4.69) is 5.32 Å². The van der Waals surface area contributed by atoms with E-state index in [4.69, 9.17) is 16.7 Å². The number of hydrogen-bond acceptors (Lipinski definition) is 4. The van der Waals surface area contributed by atoms with Crippen molar-refractivity contribution in [2.75, 3.05) is 0 Å². The molecule has 20 heavy (non-hydrogen) atoms. The SMILES string of the molecule is CC(C)[C@H](NC(=O)c1c(Cl)cccc1[N+](=O)[O-])C(=O)O. The molecular formula is C12H13ClN2O5. The molecule has 0 fully saturated rings. The van der Waals surface area contributed by atoms with Gasteiger partial charge in [0.05, 0.1) is 9.95 Å². The second-order valence-corrected chi connectivity index (χ2v) is 4.83. The molecule has 1 rings (SSSR count). The molecule has 0 heterocycles. The molecule has 0 aliphatic carbocycles. The van der Waals surface area contributed by atoms with Gasteiger partial charge in [0.15, 0.2) is 0 Å². The number of halogens is 1. The summed E-state index contributed by atoms with van der Waals surface area (Å²) in [4.78, 5) is 33.2. The van der Waals surface area contributed by atoms with E-state index in [0.717, 1.165) is 6.07 Å². The Morgan fingerprint density at radius 2 is 2.00 bits per heavy atom. The summed E-state index contributed by atoms with van der Waals surface area (Å²) in [5.41, 5.74) is -0.811. The van der Waals surface area contributed by atoms with Crippen LogP contribution >= 0.6 is 11.6 Å². The second-order valence-electron chi connectivity index (χ2n) is 4.42. The predicted molar refractivity (Wildman–Crippen MR) is 71.8 cm³/mol. The molecule has 8 heteroatoms. The Bertz CT molecular complexity index is 559. The maximum Gasteiger partial charge on any atom is 0.326 e. The lowest BCUT2D eigenvalue weighted by Crippen LogP contribution is -2.44. The van der Waals surface area contributed by atoms with Crippen molar-refractivity contribution in [1.29, 1.82) is 0 Å². The van der Waals surface area contributed by atoms with E-state index >= 15 is 0 Å². The zero-order chi connectivity index (χ0) is 15.4. The lowest BCUT2D eigenvalue weighted by Gasteiger charge is -2.18. The Balaban J connectivity index is 3.15. The average Bonchev–Trinajstić information content (AvgIpc) is 2.34. The Kier molecular flexibility index (Phi) is 5.04. The molecule has 0 aromatic heterocycles. The lowest BCUT2D eigenvalue weighted by atomic mass is 10.0. The van der Waals surface area contributed by atoms with Crippen molar-refractivity contribution < 1.29 is 19.6 Å². The minimum absolute atomic E-state index is 0.107. The standard InChI is InChI=1S/C12H13ClN2O5/c1-6(2)10(12(17)18)14-11(16)9-7(13)4-3-5-8(9)15(19)20/h3-6,10H,1-2H3,(H,14,16)(H,17,18)/t10-/m0/s1. The van der Waals surface area contributed by atoms with Crippen molar-refractivity contribution >= 4 is 29.2 Å². The van der Waals surface area contributed by atoms with Gasteiger partial charge in [0.1, 0.15) is 11.6 Å². The summed E-state index contributed by atoms with van der Waals surface area (Å²) in [5, 5.41) is 22.0. The van der Waals surface area contributed by atoms with E-state index in [1.165, 1.54) is 12.1 Å². The van der Waals surface area contributed by atoms with Gasteiger partial charge in [-0.2, -0.15) is 0 Å². The third kappa shape index (κ3) is 3.45. The van der Waals surface area contributed by atoms with Crippen molar-refractivity contribution in [3.63, 3.8) is 0 Å². The highest BCUT2D eigenvalue weighted by Crippen LogP contribution is 2.26. The van der Waals surface area contributed by atoms with Crippen LogP contribution in [0.15, 0.2) is 18.2 Å². The number of benzene rings is 1. The quantitative estimate of drug-likeness (QED) is 0.639. The van der Waals surface area contributed by atoms with Crippen molar-refractivity contribution in [1.82, 2.24) is 5.32 Å². The van der Waals surface area contributed by atoms with Crippen molar-refractivity contribution in [2.24, 2.45) is 5.92 Å². The van der Waals surface area contributed by atoms with Crippen molar-refractivity contribution in [3.05, 3.63) is 38.9 Å². The number of rotatable bonds is 5. The zero-order valence-corrected chi connectivity index (χ0v) is 11.5. The number of nitro benzene ring substituents is 1. The fourth-order valence-electron chi connectivity index (χ4n) is 1.62. The van der Waals surface area contributed by atoms with Crippen LogP contribution < -0.4 is 5.32 Å². The average molecular weight is 301 g/mol. The molecule has 0 saturated heterocycles. The van der Waals surface area contributed by atoms with E-state index < -0.39 is 28.5 Å². The molecule has 2 N–H and O–H groups in total. The molecule has 1 amide bonds. The maximum atomic E-state index is 12.0. The molecule has 1 aromatic rings.